The number of hydrogen-bond acceptors (Lipinski definition) is 4. The third-order valence-corrected chi connectivity index (χ3v) is 2.28. The molecule has 0 aromatic heterocycles. The van der Waals surface area contributed by atoms with Crippen LogP contribution in [0.25, 0.3) is 0 Å². The predicted octanol–water partition coefficient (Wildman–Crippen LogP) is -0.840. The molecule has 2 fully saturated rings. The number of aliphatic hydroxyl groups is 1. The molecular weight excluding hydrogens is 148 g/mol. The molecule has 0 amide bonds. The summed E-state index contributed by atoms with van der Waals surface area (Å²) >= 11 is 0. The summed E-state index contributed by atoms with van der Waals surface area (Å²) < 4.78 is 15.7. The first-order chi connectivity index (χ1) is 5.33. The molecule has 0 spiro atoms. The van der Waals surface area contributed by atoms with Crippen LogP contribution in [0.3, 0.4) is 0 Å². The van der Waals surface area contributed by atoms with Gasteiger partial charge in [0.15, 0.2) is 0 Å². The van der Waals surface area contributed by atoms with E-state index in [9.17, 15) is 5.11 Å². The molecule has 4 atom stereocenters. The van der Waals surface area contributed by atoms with E-state index in [1.807, 2.05) is 0 Å². The average molecular weight is 160 g/mol. The molecule has 0 radical (unpaired) electrons. The van der Waals surface area contributed by atoms with E-state index in [2.05, 4.69) is 0 Å². The Kier molecular flexibility index (Phi) is 1.85. The van der Waals surface area contributed by atoms with Gasteiger partial charge in [0.25, 0.3) is 0 Å². The Morgan fingerprint density at radius 2 is 2.00 bits per heavy atom. The van der Waals surface area contributed by atoms with Crippen molar-refractivity contribution < 1.29 is 19.3 Å². The lowest BCUT2D eigenvalue weighted by Crippen LogP contribution is -2.32. The Hall–Kier alpha value is -0.160. The highest BCUT2D eigenvalue weighted by Gasteiger charge is 2.47. The van der Waals surface area contributed by atoms with Gasteiger partial charge in [-0.1, -0.05) is 0 Å². The van der Waals surface area contributed by atoms with Crippen LogP contribution in [0.2, 0.25) is 0 Å². The summed E-state index contributed by atoms with van der Waals surface area (Å²) in [7, 11) is 1.63. The highest BCUT2D eigenvalue weighted by atomic mass is 16.6. The van der Waals surface area contributed by atoms with Gasteiger partial charge in [-0.3, -0.25) is 0 Å². The molecule has 0 unspecified atom stereocenters. The number of fused-ring (bicyclic) bond motifs is 1. The van der Waals surface area contributed by atoms with Crippen LogP contribution in [0.5, 0.6) is 0 Å². The molecule has 2 saturated heterocycles. The second-order valence-electron chi connectivity index (χ2n) is 2.94. The summed E-state index contributed by atoms with van der Waals surface area (Å²) in [5.41, 5.74) is 0. The monoisotopic (exact) mass is 160 g/mol. The van der Waals surface area contributed by atoms with Crippen LogP contribution in [0.15, 0.2) is 0 Å². The first-order valence-corrected chi connectivity index (χ1v) is 3.77. The summed E-state index contributed by atoms with van der Waals surface area (Å²) in [6, 6.07) is 0. The molecule has 0 aliphatic carbocycles. The van der Waals surface area contributed by atoms with Gasteiger partial charge in [-0.2, -0.15) is 0 Å². The van der Waals surface area contributed by atoms with Gasteiger partial charge in [-0.25, -0.2) is 0 Å². The summed E-state index contributed by atoms with van der Waals surface area (Å²) in [6.07, 6.45) is -0.702. The van der Waals surface area contributed by atoms with E-state index < -0.39 is 6.10 Å². The van der Waals surface area contributed by atoms with Crippen molar-refractivity contribution in [2.75, 3.05) is 20.3 Å². The lowest BCUT2D eigenvalue weighted by molar-refractivity contribution is -0.0168. The van der Waals surface area contributed by atoms with Crippen molar-refractivity contribution in [3.63, 3.8) is 0 Å². The zero-order chi connectivity index (χ0) is 7.84. The van der Waals surface area contributed by atoms with Crippen LogP contribution in [0.1, 0.15) is 0 Å². The van der Waals surface area contributed by atoms with Crippen molar-refractivity contribution in [1.82, 2.24) is 0 Å². The second kappa shape index (κ2) is 2.71. The van der Waals surface area contributed by atoms with Gasteiger partial charge in [0.2, 0.25) is 0 Å². The first kappa shape index (κ1) is 7.49. The van der Waals surface area contributed by atoms with Crippen molar-refractivity contribution in [2.24, 2.45) is 0 Å². The zero-order valence-corrected chi connectivity index (χ0v) is 6.40. The van der Waals surface area contributed by atoms with Gasteiger partial charge in [0.1, 0.15) is 24.4 Å². The highest BCUT2D eigenvalue weighted by Crippen LogP contribution is 2.28. The predicted molar refractivity (Wildman–Crippen MR) is 36.3 cm³/mol. The van der Waals surface area contributed by atoms with Gasteiger partial charge in [-0.15, -0.1) is 0 Å². The maximum atomic E-state index is 9.31. The number of aliphatic hydroxyl groups excluding tert-OH is 1. The molecule has 2 aliphatic rings. The third-order valence-electron chi connectivity index (χ3n) is 2.28. The number of ether oxygens (including phenoxy) is 3. The summed E-state index contributed by atoms with van der Waals surface area (Å²) in [4.78, 5) is 0. The fourth-order valence-electron chi connectivity index (χ4n) is 1.65. The van der Waals surface area contributed by atoms with Crippen LogP contribution in [-0.4, -0.2) is 49.8 Å². The number of hydrogen-bond donors (Lipinski definition) is 1. The number of rotatable bonds is 1. The van der Waals surface area contributed by atoms with Crippen molar-refractivity contribution in [1.29, 1.82) is 0 Å². The fourth-order valence-corrected chi connectivity index (χ4v) is 1.65. The SMILES string of the molecule is CO[C@@H]1CO[C@@H]2[C@@H]1OC[C@@H]2O. The molecule has 4 heteroatoms. The molecule has 4 nitrogen and oxygen atoms in total. The maximum Gasteiger partial charge on any atom is 0.115 e. The first-order valence-electron chi connectivity index (χ1n) is 3.77. The molecule has 64 valence electrons. The standard InChI is InChI=1S/C7H12O4/c1-9-5-3-11-6-4(8)2-10-7(5)6/h4-8H,2-3H2,1H3/t4-,5+,6-,7+/m0/s1. The van der Waals surface area contributed by atoms with Gasteiger partial charge in [-0.05, 0) is 0 Å². The molecule has 2 heterocycles. The molecule has 2 rings (SSSR count). The Labute approximate surface area is 65.1 Å². The molecular formula is C7H12O4. The maximum absolute atomic E-state index is 9.31. The quantitative estimate of drug-likeness (QED) is 0.543. The zero-order valence-electron chi connectivity index (χ0n) is 6.40. The third kappa shape index (κ3) is 1.06. The van der Waals surface area contributed by atoms with Crippen LogP contribution < -0.4 is 0 Å². The van der Waals surface area contributed by atoms with Crippen molar-refractivity contribution >= 4 is 0 Å². The van der Waals surface area contributed by atoms with Gasteiger partial charge in [0, 0.05) is 7.11 Å². The molecule has 0 aromatic carbocycles. The normalized spacial score (nSPS) is 49.6. The Morgan fingerprint density at radius 1 is 1.27 bits per heavy atom. The summed E-state index contributed by atoms with van der Waals surface area (Å²) in [5, 5.41) is 9.31. The summed E-state index contributed by atoms with van der Waals surface area (Å²) in [5.74, 6) is 0. The van der Waals surface area contributed by atoms with Gasteiger partial charge in [0.05, 0.1) is 13.2 Å². The topological polar surface area (TPSA) is 47.9 Å². The van der Waals surface area contributed by atoms with E-state index in [1.54, 1.807) is 7.11 Å². The average Bonchev–Trinajstić information content (AvgIpc) is 2.53. The van der Waals surface area contributed by atoms with E-state index in [0.717, 1.165) is 0 Å². The molecule has 0 saturated carbocycles. The Balaban J connectivity index is 2.04. The minimum absolute atomic E-state index is 0.00264. The molecule has 11 heavy (non-hydrogen) atoms. The lowest BCUT2D eigenvalue weighted by Gasteiger charge is -2.12. The molecule has 2 aliphatic heterocycles. The minimum atomic E-state index is -0.472. The largest absolute Gasteiger partial charge is 0.388 e. The fraction of sp³-hybridized carbons (Fsp3) is 1.00. The van der Waals surface area contributed by atoms with Crippen LogP contribution >= 0.6 is 0 Å². The van der Waals surface area contributed by atoms with Crippen LogP contribution in [-0.2, 0) is 14.2 Å². The van der Waals surface area contributed by atoms with Crippen LogP contribution in [0.4, 0.5) is 0 Å². The molecule has 1 N–H and O–H groups in total. The Morgan fingerprint density at radius 3 is 2.73 bits per heavy atom. The molecule has 0 bridgehead atoms. The van der Waals surface area contributed by atoms with E-state index in [4.69, 9.17) is 14.2 Å². The van der Waals surface area contributed by atoms with Crippen molar-refractivity contribution in [3.8, 4) is 0 Å². The van der Waals surface area contributed by atoms with Crippen LogP contribution in [0, 0.1) is 0 Å². The Bertz CT molecular complexity index is 149. The van der Waals surface area contributed by atoms with E-state index >= 15 is 0 Å². The van der Waals surface area contributed by atoms with E-state index in [1.165, 1.54) is 0 Å². The van der Waals surface area contributed by atoms with Crippen molar-refractivity contribution in [2.45, 2.75) is 24.4 Å². The smallest absolute Gasteiger partial charge is 0.115 e. The summed E-state index contributed by atoms with van der Waals surface area (Å²) in [6.45, 7) is 0.901. The highest BCUT2D eigenvalue weighted by molar-refractivity contribution is 4.94. The van der Waals surface area contributed by atoms with Gasteiger partial charge < -0.3 is 19.3 Å². The minimum Gasteiger partial charge on any atom is -0.388 e. The van der Waals surface area contributed by atoms with Gasteiger partial charge >= 0.3 is 0 Å². The van der Waals surface area contributed by atoms with E-state index in [0.29, 0.717) is 13.2 Å². The molecule has 0 aromatic rings. The second-order valence-corrected chi connectivity index (χ2v) is 2.94. The van der Waals surface area contributed by atoms with Crippen molar-refractivity contribution in [3.05, 3.63) is 0 Å². The number of methoxy groups -OCH3 is 1. The van der Waals surface area contributed by atoms with E-state index in [-0.39, 0.29) is 18.3 Å². The lowest BCUT2D eigenvalue weighted by atomic mass is 10.1.